The highest BCUT2D eigenvalue weighted by molar-refractivity contribution is 6.74. The van der Waals surface area contributed by atoms with Gasteiger partial charge in [0.1, 0.15) is 0 Å². The van der Waals surface area contributed by atoms with E-state index in [1.54, 1.807) is 6.92 Å². The fraction of sp³-hybridized carbons (Fsp3) is 0.789. The standard InChI is InChI=1S/C19H35NO4Si/c1-10-23-18(22)13(3)11-12(2)16-15(17(21)20-16)14(4)24-25(8,9)19(5,6)7/h12,14-16H,3,10-11H2,1-2,4-9H3,(H,20,21)/t12-,14-,15?,16?/m1/s1. The topological polar surface area (TPSA) is 64.6 Å². The maximum Gasteiger partial charge on any atom is 0.333 e. The summed E-state index contributed by atoms with van der Waals surface area (Å²) in [6.45, 7) is 20.9. The molecule has 144 valence electrons. The Morgan fingerprint density at radius 2 is 1.88 bits per heavy atom. The lowest BCUT2D eigenvalue weighted by atomic mass is 9.77. The van der Waals surface area contributed by atoms with E-state index in [-0.39, 0.29) is 40.9 Å². The van der Waals surface area contributed by atoms with Crippen LogP contribution in [0.2, 0.25) is 18.1 Å². The summed E-state index contributed by atoms with van der Waals surface area (Å²) in [7, 11) is -1.94. The second kappa shape index (κ2) is 8.04. The van der Waals surface area contributed by atoms with Crippen molar-refractivity contribution in [1.82, 2.24) is 5.32 Å². The van der Waals surface area contributed by atoms with E-state index in [1.807, 2.05) is 13.8 Å². The molecular weight excluding hydrogens is 334 g/mol. The Kier molecular flexibility index (Phi) is 7.04. The first kappa shape index (κ1) is 21.9. The maximum absolute atomic E-state index is 12.2. The molecule has 1 rings (SSSR count). The van der Waals surface area contributed by atoms with Gasteiger partial charge in [-0.15, -0.1) is 0 Å². The second-order valence-electron chi connectivity index (χ2n) is 8.65. The zero-order chi connectivity index (χ0) is 19.6. The monoisotopic (exact) mass is 369 g/mol. The van der Waals surface area contributed by atoms with Crippen LogP contribution in [0.5, 0.6) is 0 Å². The van der Waals surface area contributed by atoms with Crippen LogP contribution in [0.25, 0.3) is 0 Å². The third-order valence-corrected chi connectivity index (χ3v) is 10.1. The Morgan fingerprint density at radius 1 is 1.32 bits per heavy atom. The molecule has 1 fully saturated rings. The normalized spacial score (nSPS) is 23.3. The van der Waals surface area contributed by atoms with E-state index >= 15 is 0 Å². The van der Waals surface area contributed by atoms with Gasteiger partial charge < -0.3 is 14.5 Å². The van der Waals surface area contributed by atoms with Gasteiger partial charge in [0.15, 0.2) is 8.32 Å². The first-order valence-corrected chi connectivity index (χ1v) is 12.1. The van der Waals surface area contributed by atoms with E-state index in [2.05, 4.69) is 45.8 Å². The molecule has 2 unspecified atom stereocenters. The van der Waals surface area contributed by atoms with Gasteiger partial charge in [-0.2, -0.15) is 0 Å². The van der Waals surface area contributed by atoms with Gasteiger partial charge in [0.05, 0.1) is 18.6 Å². The minimum Gasteiger partial charge on any atom is -0.463 e. The summed E-state index contributed by atoms with van der Waals surface area (Å²) in [5.41, 5.74) is 0.451. The lowest BCUT2D eigenvalue weighted by molar-refractivity contribution is -0.142. The molecule has 0 aromatic carbocycles. The zero-order valence-electron chi connectivity index (χ0n) is 17.1. The van der Waals surface area contributed by atoms with Gasteiger partial charge in [0.25, 0.3) is 0 Å². The van der Waals surface area contributed by atoms with E-state index in [0.29, 0.717) is 18.6 Å². The Morgan fingerprint density at radius 3 is 2.32 bits per heavy atom. The summed E-state index contributed by atoms with van der Waals surface area (Å²) in [6, 6.07) is -0.00144. The second-order valence-corrected chi connectivity index (χ2v) is 13.4. The van der Waals surface area contributed by atoms with Crippen LogP contribution < -0.4 is 5.32 Å². The molecule has 6 heteroatoms. The van der Waals surface area contributed by atoms with Gasteiger partial charge in [0.2, 0.25) is 5.91 Å². The Labute approximate surface area is 153 Å². The zero-order valence-corrected chi connectivity index (χ0v) is 18.1. The predicted octanol–water partition coefficient (Wildman–Crippen LogP) is 3.66. The highest BCUT2D eigenvalue weighted by Crippen LogP contribution is 2.39. The fourth-order valence-corrected chi connectivity index (χ4v) is 4.40. The molecule has 1 aliphatic heterocycles. The number of ether oxygens (including phenoxy) is 1. The van der Waals surface area contributed by atoms with Gasteiger partial charge in [-0.3, -0.25) is 4.79 Å². The molecule has 4 atom stereocenters. The van der Waals surface area contributed by atoms with Gasteiger partial charge in [0, 0.05) is 11.6 Å². The van der Waals surface area contributed by atoms with Gasteiger partial charge in [-0.1, -0.05) is 34.3 Å². The summed E-state index contributed by atoms with van der Waals surface area (Å²) in [4.78, 5) is 23.9. The molecule has 1 saturated heterocycles. The Bertz CT molecular complexity index is 524. The van der Waals surface area contributed by atoms with Crippen molar-refractivity contribution in [1.29, 1.82) is 0 Å². The molecule has 0 radical (unpaired) electrons. The van der Waals surface area contributed by atoms with E-state index in [1.165, 1.54) is 0 Å². The number of esters is 1. The van der Waals surface area contributed by atoms with E-state index in [4.69, 9.17) is 9.16 Å². The number of hydrogen-bond donors (Lipinski definition) is 1. The molecule has 1 amide bonds. The third kappa shape index (κ3) is 5.17. The van der Waals surface area contributed by atoms with Crippen molar-refractivity contribution in [3.8, 4) is 0 Å². The van der Waals surface area contributed by atoms with Crippen molar-refractivity contribution < 1.29 is 18.8 Å². The maximum atomic E-state index is 12.2. The average Bonchev–Trinajstić information content (AvgIpc) is 2.42. The number of rotatable bonds is 8. The van der Waals surface area contributed by atoms with Crippen molar-refractivity contribution >= 4 is 20.2 Å². The van der Waals surface area contributed by atoms with E-state index < -0.39 is 8.32 Å². The number of carbonyl (C=O) groups excluding carboxylic acids is 2. The average molecular weight is 370 g/mol. The van der Waals surface area contributed by atoms with Crippen molar-refractivity contribution in [3.63, 3.8) is 0 Å². The lowest BCUT2D eigenvalue weighted by Crippen LogP contribution is -2.65. The first-order chi connectivity index (χ1) is 11.3. The molecule has 5 nitrogen and oxygen atoms in total. The summed E-state index contributed by atoms with van der Waals surface area (Å²) in [6.07, 6.45) is 0.366. The Balaban J connectivity index is 2.72. The first-order valence-electron chi connectivity index (χ1n) is 9.15. The molecule has 0 spiro atoms. The number of nitrogens with one attached hydrogen (secondary N) is 1. The van der Waals surface area contributed by atoms with Crippen LogP contribution in [0, 0.1) is 11.8 Å². The van der Waals surface area contributed by atoms with Gasteiger partial charge >= 0.3 is 5.97 Å². The quantitative estimate of drug-likeness (QED) is 0.307. The highest BCUT2D eigenvalue weighted by atomic mass is 28.4. The SMILES string of the molecule is C=C(C[C@@H](C)C1NC(=O)C1[C@@H](C)O[Si](C)(C)C(C)(C)C)C(=O)OCC. The van der Waals surface area contributed by atoms with E-state index in [9.17, 15) is 9.59 Å². The van der Waals surface area contributed by atoms with Crippen molar-refractivity contribution in [2.45, 2.75) is 78.2 Å². The van der Waals surface area contributed by atoms with Crippen LogP contribution >= 0.6 is 0 Å². The number of amides is 1. The van der Waals surface area contributed by atoms with E-state index in [0.717, 1.165) is 0 Å². The van der Waals surface area contributed by atoms with Gasteiger partial charge in [-0.25, -0.2) is 4.79 Å². The summed E-state index contributed by atoms with van der Waals surface area (Å²) >= 11 is 0. The molecule has 0 saturated carbocycles. The Hall–Kier alpha value is -1.14. The van der Waals surface area contributed by atoms with Crippen LogP contribution in [-0.4, -0.2) is 38.9 Å². The van der Waals surface area contributed by atoms with Crippen LogP contribution in [0.3, 0.4) is 0 Å². The number of hydrogen-bond acceptors (Lipinski definition) is 4. The lowest BCUT2D eigenvalue weighted by Gasteiger charge is -2.47. The molecular formula is C19H35NO4Si. The summed E-state index contributed by atoms with van der Waals surface area (Å²) in [5, 5.41) is 3.08. The fourth-order valence-electron chi connectivity index (χ4n) is 2.97. The van der Waals surface area contributed by atoms with Crippen molar-refractivity contribution in [3.05, 3.63) is 12.2 Å². The highest BCUT2D eigenvalue weighted by Gasteiger charge is 2.49. The largest absolute Gasteiger partial charge is 0.463 e. The smallest absolute Gasteiger partial charge is 0.333 e. The number of carbonyl (C=O) groups is 2. The van der Waals surface area contributed by atoms with Crippen LogP contribution in [0.15, 0.2) is 12.2 Å². The van der Waals surface area contributed by atoms with Gasteiger partial charge in [-0.05, 0) is 44.3 Å². The van der Waals surface area contributed by atoms with Crippen LogP contribution in [0.1, 0.15) is 48.0 Å². The predicted molar refractivity (Wildman–Crippen MR) is 103 cm³/mol. The van der Waals surface area contributed by atoms with Crippen LogP contribution in [-0.2, 0) is 18.8 Å². The van der Waals surface area contributed by atoms with Crippen molar-refractivity contribution in [2.24, 2.45) is 11.8 Å². The summed E-state index contributed by atoms with van der Waals surface area (Å²) in [5.74, 6) is -0.406. The molecule has 0 aromatic heterocycles. The van der Waals surface area contributed by atoms with Crippen molar-refractivity contribution in [2.75, 3.05) is 6.61 Å². The number of β-lactam (4-membered cyclic amide) rings is 1. The minimum absolute atomic E-state index is 0.00144. The molecule has 1 N–H and O–H groups in total. The molecule has 0 aromatic rings. The minimum atomic E-state index is -1.94. The molecule has 0 aliphatic carbocycles. The van der Waals surface area contributed by atoms with Crippen LogP contribution in [0.4, 0.5) is 0 Å². The molecule has 0 bridgehead atoms. The molecule has 1 aliphatic rings. The molecule has 25 heavy (non-hydrogen) atoms. The third-order valence-electron chi connectivity index (χ3n) is 5.54. The molecule has 1 heterocycles. The summed E-state index contributed by atoms with van der Waals surface area (Å²) < 4.78 is 11.4.